The van der Waals surface area contributed by atoms with Crippen molar-refractivity contribution in [1.29, 1.82) is 0 Å². The normalized spacial score (nSPS) is 14.4. The lowest BCUT2D eigenvalue weighted by Gasteiger charge is -1.97. The van der Waals surface area contributed by atoms with Crippen LogP contribution in [0.1, 0.15) is 20.3 Å². The number of carboxylic acids is 1. The minimum atomic E-state index is -2.54. The van der Waals surface area contributed by atoms with Gasteiger partial charge in [-0.2, -0.15) is 5.10 Å². The van der Waals surface area contributed by atoms with Crippen molar-refractivity contribution in [2.75, 3.05) is 7.04 Å². The number of hydrogen-bond donors (Lipinski definition) is 1. The molecule has 0 saturated heterocycles. The molecule has 6 nitrogen and oxygen atoms in total. The van der Waals surface area contributed by atoms with Crippen LogP contribution in [0.4, 0.5) is 0 Å². The van der Waals surface area contributed by atoms with Gasteiger partial charge in [0.15, 0.2) is 11.3 Å². The summed E-state index contributed by atoms with van der Waals surface area (Å²) in [5.74, 6) is -1.16. The molecule has 2 aromatic heterocycles. The second kappa shape index (κ2) is 4.18. The quantitative estimate of drug-likeness (QED) is 0.922. The molecule has 2 rings (SSSR count). The number of aromatic nitrogens is 3. The maximum absolute atomic E-state index is 11.0. The van der Waals surface area contributed by atoms with Gasteiger partial charge in [-0.25, -0.2) is 14.3 Å². The molecule has 0 saturated carbocycles. The summed E-state index contributed by atoms with van der Waals surface area (Å²) >= 11 is 3.20. The monoisotopic (exact) mass is 288 g/mol. The van der Waals surface area contributed by atoms with Crippen LogP contribution in [0.5, 0.6) is 0 Å². The fourth-order valence-electron chi connectivity index (χ4n) is 1.28. The Labute approximate surface area is 103 Å². The first-order valence-electron chi connectivity index (χ1n) is 5.69. The lowest BCUT2D eigenvalue weighted by molar-refractivity contribution is 0.0687. The molecule has 0 unspecified atom stereocenters. The third-order valence-electron chi connectivity index (χ3n) is 1.96. The molecule has 2 heterocycles. The molecule has 0 bridgehead atoms. The molecule has 0 fully saturated rings. The van der Waals surface area contributed by atoms with Crippen LogP contribution in [0.25, 0.3) is 5.65 Å². The SMILES string of the molecule is [2H]C([2H])([2H])OCc1nn2c(C(=O)O)ccnc2c1Br. The van der Waals surface area contributed by atoms with Gasteiger partial charge >= 0.3 is 5.97 Å². The zero-order valence-electron chi connectivity index (χ0n) is 10.8. The van der Waals surface area contributed by atoms with Gasteiger partial charge in [-0.1, -0.05) is 0 Å². The van der Waals surface area contributed by atoms with Gasteiger partial charge in [0.05, 0.1) is 15.2 Å². The second-order valence-electron chi connectivity index (χ2n) is 2.92. The summed E-state index contributed by atoms with van der Waals surface area (Å²) in [6, 6.07) is 1.29. The molecule has 1 N–H and O–H groups in total. The average molecular weight is 289 g/mol. The summed E-state index contributed by atoms with van der Waals surface area (Å²) in [4.78, 5) is 15.0. The predicted molar refractivity (Wildman–Crippen MR) is 58.4 cm³/mol. The highest BCUT2D eigenvalue weighted by atomic mass is 79.9. The van der Waals surface area contributed by atoms with Crippen LogP contribution in [-0.4, -0.2) is 32.7 Å². The molecule has 0 spiro atoms. The lowest BCUT2D eigenvalue weighted by atomic mass is 10.4. The molecular formula is C9H8BrN3O3. The highest BCUT2D eigenvalue weighted by Gasteiger charge is 2.16. The number of fused-ring (bicyclic) bond motifs is 1. The Morgan fingerprint density at radius 3 is 3.31 bits per heavy atom. The molecule has 0 radical (unpaired) electrons. The molecule has 7 heteroatoms. The van der Waals surface area contributed by atoms with Gasteiger partial charge in [-0.15, -0.1) is 0 Å². The zero-order chi connectivity index (χ0) is 14.2. The van der Waals surface area contributed by atoms with E-state index in [0.717, 1.165) is 4.52 Å². The minimum Gasteiger partial charge on any atom is -0.477 e. The smallest absolute Gasteiger partial charge is 0.354 e. The first kappa shape index (κ1) is 7.75. The van der Waals surface area contributed by atoms with Crippen LogP contribution in [0.3, 0.4) is 0 Å². The third-order valence-corrected chi connectivity index (χ3v) is 2.77. The average Bonchev–Trinajstić information content (AvgIpc) is 2.63. The van der Waals surface area contributed by atoms with Crippen molar-refractivity contribution in [3.63, 3.8) is 0 Å². The maximum Gasteiger partial charge on any atom is 0.354 e. The molecular weight excluding hydrogens is 278 g/mol. The van der Waals surface area contributed by atoms with Crippen molar-refractivity contribution >= 4 is 27.5 Å². The van der Waals surface area contributed by atoms with Crippen molar-refractivity contribution in [2.45, 2.75) is 6.61 Å². The lowest BCUT2D eigenvalue weighted by Crippen LogP contribution is -2.07. The van der Waals surface area contributed by atoms with Crippen molar-refractivity contribution in [3.8, 4) is 0 Å². The standard InChI is InChI=1S/C9H8BrN3O3/c1-16-4-5-7(10)8-11-3-2-6(9(14)15)13(8)12-5/h2-3H,4H2,1H3,(H,14,15)/i1D3. The first-order valence-corrected chi connectivity index (χ1v) is 4.98. The molecule has 0 aliphatic rings. The molecule has 0 aliphatic heterocycles. The molecule has 2 aromatic rings. The van der Waals surface area contributed by atoms with Gasteiger partial charge in [0.2, 0.25) is 0 Å². The zero-order valence-corrected chi connectivity index (χ0v) is 9.43. The Morgan fingerprint density at radius 2 is 2.62 bits per heavy atom. The highest BCUT2D eigenvalue weighted by Crippen LogP contribution is 2.22. The van der Waals surface area contributed by atoms with Crippen LogP contribution in [0.15, 0.2) is 16.7 Å². The maximum atomic E-state index is 11.0. The van der Waals surface area contributed by atoms with Crippen molar-refractivity contribution in [1.82, 2.24) is 14.6 Å². The number of nitrogens with zero attached hydrogens (tertiary/aromatic N) is 3. The van der Waals surface area contributed by atoms with Crippen molar-refractivity contribution in [2.24, 2.45) is 0 Å². The van der Waals surface area contributed by atoms with E-state index in [0.29, 0.717) is 4.47 Å². The topological polar surface area (TPSA) is 76.7 Å². The Kier molecular flexibility index (Phi) is 2.03. The minimum absolute atomic E-state index is 0.0779. The van der Waals surface area contributed by atoms with Gasteiger partial charge < -0.3 is 9.84 Å². The van der Waals surface area contributed by atoms with E-state index >= 15 is 0 Å². The molecule has 16 heavy (non-hydrogen) atoms. The van der Waals surface area contributed by atoms with Gasteiger partial charge in [0, 0.05) is 13.2 Å². The molecule has 84 valence electrons. The summed E-state index contributed by atoms with van der Waals surface area (Å²) in [6.07, 6.45) is 1.33. The molecule has 0 aromatic carbocycles. The number of hydrogen-bond acceptors (Lipinski definition) is 4. The summed E-state index contributed by atoms with van der Waals surface area (Å²) in [5.41, 5.74) is 0.465. The van der Waals surface area contributed by atoms with E-state index in [9.17, 15) is 4.79 Å². The third kappa shape index (κ3) is 1.68. The number of halogens is 1. The summed E-state index contributed by atoms with van der Waals surface area (Å²) in [5, 5.41) is 13.0. The fraction of sp³-hybridized carbons (Fsp3) is 0.222. The van der Waals surface area contributed by atoms with Crippen LogP contribution >= 0.6 is 15.9 Å². The molecule has 0 aliphatic carbocycles. The predicted octanol–water partition coefficient (Wildman–Crippen LogP) is 1.34. The largest absolute Gasteiger partial charge is 0.477 e. The van der Waals surface area contributed by atoms with E-state index < -0.39 is 13.0 Å². The first-order chi connectivity index (χ1) is 8.79. The number of aromatic carboxylic acids is 1. The van der Waals surface area contributed by atoms with E-state index in [-0.39, 0.29) is 23.6 Å². The van der Waals surface area contributed by atoms with Crippen molar-refractivity contribution in [3.05, 3.63) is 28.1 Å². The van der Waals surface area contributed by atoms with Crippen molar-refractivity contribution < 1.29 is 18.8 Å². The number of methoxy groups -OCH3 is 1. The van der Waals surface area contributed by atoms with Gasteiger partial charge in [0.1, 0.15) is 5.69 Å². The highest BCUT2D eigenvalue weighted by molar-refractivity contribution is 9.10. The Hall–Kier alpha value is -1.47. The van der Waals surface area contributed by atoms with Crippen LogP contribution in [0.2, 0.25) is 0 Å². The van der Waals surface area contributed by atoms with E-state index in [4.69, 9.17) is 9.22 Å². The van der Waals surface area contributed by atoms with Gasteiger partial charge in [-0.3, -0.25) is 0 Å². The van der Waals surface area contributed by atoms with Crippen LogP contribution in [-0.2, 0) is 11.3 Å². The fourth-order valence-corrected chi connectivity index (χ4v) is 1.75. The summed E-state index contributed by atoms with van der Waals surface area (Å²) in [7, 11) is -2.54. The Morgan fingerprint density at radius 1 is 1.81 bits per heavy atom. The van der Waals surface area contributed by atoms with Gasteiger partial charge in [-0.05, 0) is 22.0 Å². The summed E-state index contributed by atoms with van der Waals surface area (Å²) in [6.45, 7) is -0.278. The van der Waals surface area contributed by atoms with E-state index in [1.165, 1.54) is 12.3 Å². The number of rotatable bonds is 3. The number of carboxylic acid groups (broad SMARTS) is 1. The Bertz CT molecular complexity index is 641. The molecule has 0 atom stereocenters. The molecule has 0 amide bonds. The Balaban J connectivity index is 2.45. The second-order valence-corrected chi connectivity index (χ2v) is 3.71. The van der Waals surface area contributed by atoms with E-state index in [2.05, 4.69) is 30.7 Å². The number of carbonyl (C=O) groups is 1. The van der Waals surface area contributed by atoms with Crippen LogP contribution < -0.4 is 0 Å². The number of ether oxygens (including phenoxy) is 1. The van der Waals surface area contributed by atoms with E-state index in [1.54, 1.807) is 0 Å². The van der Waals surface area contributed by atoms with E-state index in [1.807, 2.05) is 0 Å². The van der Waals surface area contributed by atoms with Gasteiger partial charge in [0.25, 0.3) is 0 Å². The van der Waals surface area contributed by atoms with Crippen LogP contribution in [0, 0.1) is 0 Å². The summed E-state index contributed by atoms with van der Waals surface area (Å²) < 4.78 is 27.0.